The molecule has 0 fully saturated rings. The normalized spacial score (nSPS) is 12.7. The zero-order valence-electron chi connectivity index (χ0n) is 33.5. The summed E-state index contributed by atoms with van der Waals surface area (Å²) in [6.45, 7) is 0. The van der Waals surface area contributed by atoms with Crippen molar-refractivity contribution in [3.63, 3.8) is 0 Å². The molecule has 0 atom stereocenters. The minimum Gasteiger partial charge on any atom is -0.310 e. The van der Waals surface area contributed by atoms with Crippen LogP contribution in [0.4, 0.5) is 17.1 Å². The first-order chi connectivity index (χ1) is 30.3. The van der Waals surface area contributed by atoms with E-state index in [1.165, 1.54) is 77.1 Å². The van der Waals surface area contributed by atoms with E-state index in [2.05, 4.69) is 252 Å². The molecule has 10 aromatic carbocycles. The van der Waals surface area contributed by atoms with Crippen LogP contribution >= 0.6 is 0 Å². The van der Waals surface area contributed by atoms with Gasteiger partial charge in [-0.05, 0) is 116 Å². The van der Waals surface area contributed by atoms with Crippen LogP contribution in [0.5, 0.6) is 0 Å². The van der Waals surface area contributed by atoms with Gasteiger partial charge in [0.2, 0.25) is 0 Å². The fourth-order valence-corrected chi connectivity index (χ4v) is 10.3. The van der Waals surface area contributed by atoms with E-state index in [0.29, 0.717) is 0 Å². The number of benzene rings is 10. The van der Waals surface area contributed by atoms with Crippen molar-refractivity contribution in [2.75, 3.05) is 4.90 Å². The highest BCUT2D eigenvalue weighted by molar-refractivity contribution is 6.09. The smallest absolute Gasteiger partial charge is 0.0714 e. The number of fused-ring (bicyclic) bond motifs is 7. The molecule has 11 aromatic rings. The van der Waals surface area contributed by atoms with Crippen LogP contribution in [-0.4, -0.2) is 4.57 Å². The average molecular weight is 777 g/mol. The maximum absolute atomic E-state index is 2.42. The van der Waals surface area contributed by atoms with Crippen molar-refractivity contribution in [1.29, 1.82) is 0 Å². The number of nitrogens with zero attached hydrogens (tertiary/aromatic N) is 2. The monoisotopic (exact) mass is 776 g/mol. The first-order valence-electron chi connectivity index (χ1n) is 21.1. The molecule has 0 saturated heterocycles. The molecule has 1 heterocycles. The Bertz CT molecular complexity index is 3310. The minimum absolute atomic E-state index is 0.505. The minimum atomic E-state index is -0.505. The molecule has 1 aliphatic rings. The van der Waals surface area contributed by atoms with Gasteiger partial charge in [-0.2, -0.15) is 0 Å². The van der Waals surface area contributed by atoms with Crippen molar-refractivity contribution in [3.8, 4) is 27.9 Å². The van der Waals surface area contributed by atoms with Gasteiger partial charge < -0.3 is 9.47 Å². The maximum atomic E-state index is 2.42. The molecule has 1 aromatic heterocycles. The number of rotatable bonds is 7. The van der Waals surface area contributed by atoms with Gasteiger partial charge in [0.05, 0.1) is 16.4 Å². The quantitative estimate of drug-likeness (QED) is 0.156. The Morgan fingerprint density at radius 1 is 0.328 bits per heavy atom. The summed E-state index contributed by atoms with van der Waals surface area (Å²) in [5.41, 5.74) is 16.4. The van der Waals surface area contributed by atoms with Gasteiger partial charge >= 0.3 is 0 Å². The van der Waals surface area contributed by atoms with Gasteiger partial charge in [0, 0.05) is 33.5 Å². The van der Waals surface area contributed by atoms with Gasteiger partial charge in [0.1, 0.15) is 0 Å². The third-order valence-electron chi connectivity index (χ3n) is 12.9. The van der Waals surface area contributed by atoms with Crippen LogP contribution in [0.3, 0.4) is 0 Å². The van der Waals surface area contributed by atoms with Crippen molar-refractivity contribution < 1.29 is 0 Å². The molecule has 0 unspecified atom stereocenters. The van der Waals surface area contributed by atoms with Gasteiger partial charge in [0.25, 0.3) is 0 Å². The molecule has 61 heavy (non-hydrogen) atoms. The predicted octanol–water partition coefficient (Wildman–Crippen LogP) is 15.4. The molecule has 286 valence electrons. The average Bonchev–Trinajstić information content (AvgIpc) is 3.83. The molecule has 0 N–H and O–H groups in total. The molecular weight excluding hydrogens is 737 g/mol. The van der Waals surface area contributed by atoms with Crippen LogP contribution in [0.1, 0.15) is 22.3 Å². The molecule has 1 aliphatic carbocycles. The van der Waals surface area contributed by atoms with Gasteiger partial charge in [-0.15, -0.1) is 0 Å². The standard InChI is InChI=1S/C59H40N2/c1-2-18-43(19-3-1)59(55-28-10-6-23-51(55)52-24-7-11-29-56(52)59)44-20-15-21-48(40-44)60(45-34-32-42(33-35-45)50-27-14-17-41-16-4-5-22-49(41)50)46-36-38-47(39-37-46)61-57-30-12-8-25-53(57)54-26-9-13-31-58(54)61/h1-40H. The Kier molecular flexibility index (Phi) is 8.11. The topological polar surface area (TPSA) is 8.17 Å². The Labute approximate surface area is 355 Å². The second-order valence-corrected chi connectivity index (χ2v) is 16.1. The summed E-state index contributed by atoms with van der Waals surface area (Å²) in [5, 5.41) is 5.02. The Balaban J connectivity index is 1.05. The van der Waals surface area contributed by atoms with Gasteiger partial charge in [-0.1, -0.05) is 182 Å². The Morgan fingerprint density at radius 2 is 0.820 bits per heavy atom. The zero-order valence-corrected chi connectivity index (χ0v) is 33.5. The second kappa shape index (κ2) is 14.1. The van der Waals surface area contributed by atoms with Crippen LogP contribution in [-0.2, 0) is 5.41 Å². The third kappa shape index (κ3) is 5.43. The van der Waals surface area contributed by atoms with Gasteiger partial charge in [0.15, 0.2) is 0 Å². The summed E-state index contributed by atoms with van der Waals surface area (Å²) in [6, 6.07) is 89.0. The molecule has 0 amide bonds. The molecule has 2 heteroatoms. The molecular formula is C59H40N2. The summed E-state index contributed by atoms with van der Waals surface area (Å²) in [5.74, 6) is 0. The van der Waals surface area contributed by atoms with Crippen molar-refractivity contribution in [2.24, 2.45) is 0 Å². The highest BCUT2D eigenvalue weighted by atomic mass is 15.1. The van der Waals surface area contributed by atoms with E-state index in [4.69, 9.17) is 0 Å². The lowest BCUT2D eigenvalue weighted by Gasteiger charge is -2.35. The van der Waals surface area contributed by atoms with E-state index in [1.54, 1.807) is 0 Å². The molecule has 0 spiro atoms. The lowest BCUT2D eigenvalue weighted by molar-refractivity contribution is 0.768. The van der Waals surface area contributed by atoms with Crippen LogP contribution in [0, 0.1) is 0 Å². The van der Waals surface area contributed by atoms with Crippen molar-refractivity contribution in [2.45, 2.75) is 5.41 Å². The van der Waals surface area contributed by atoms with Crippen molar-refractivity contribution in [3.05, 3.63) is 265 Å². The number of hydrogen-bond donors (Lipinski definition) is 0. The van der Waals surface area contributed by atoms with Crippen molar-refractivity contribution >= 4 is 49.6 Å². The lowest BCUT2D eigenvalue weighted by Crippen LogP contribution is -2.28. The second-order valence-electron chi connectivity index (χ2n) is 16.1. The largest absolute Gasteiger partial charge is 0.310 e. The molecule has 12 rings (SSSR count). The van der Waals surface area contributed by atoms with Gasteiger partial charge in [-0.3, -0.25) is 0 Å². The zero-order chi connectivity index (χ0) is 40.3. The van der Waals surface area contributed by atoms with E-state index in [0.717, 1.165) is 22.7 Å². The van der Waals surface area contributed by atoms with E-state index < -0.39 is 5.41 Å². The van der Waals surface area contributed by atoms with Gasteiger partial charge in [-0.25, -0.2) is 0 Å². The Morgan fingerprint density at radius 3 is 1.49 bits per heavy atom. The fraction of sp³-hybridized carbons (Fsp3) is 0.0169. The summed E-state index contributed by atoms with van der Waals surface area (Å²) < 4.78 is 2.39. The molecule has 0 radical (unpaired) electrons. The van der Waals surface area contributed by atoms with E-state index >= 15 is 0 Å². The predicted molar refractivity (Wildman–Crippen MR) is 256 cm³/mol. The van der Waals surface area contributed by atoms with Crippen LogP contribution < -0.4 is 4.90 Å². The summed E-state index contributed by atoms with van der Waals surface area (Å²) >= 11 is 0. The molecule has 0 aliphatic heterocycles. The number of para-hydroxylation sites is 2. The van der Waals surface area contributed by atoms with E-state index in [1.807, 2.05) is 0 Å². The first kappa shape index (κ1) is 35.0. The van der Waals surface area contributed by atoms with E-state index in [-0.39, 0.29) is 0 Å². The van der Waals surface area contributed by atoms with E-state index in [9.17, 15) is 0 Å². The number of anilines is 3. The highest BCUT2D eigenvalue weighted by Gasteiger charge is 2.46. The maximum Gasteiger partial charge on any atom is 0.0714 e. The number of aromatic nitrogens is 1. The van der Waals surface area contributed by atoms with Crippen LogP contribution in [0.2, 0.25) is 0 Å². The van der Waals surface area contributed by atoms with Crippen LogP contribution in [0.25, 0.3) is 60.5 Å². The highest BCUT2D eigenvalue weighted by Crippen LogP contribution is 2.56. The Hall–Kier alpha value is -7.94. The molecule has 0 bridgehead atoms. The van der Waals surface area contributed by atoms with Crippen molar-refractivity contribution in [1.82, 2.24) is 4.57 Å². The first-order valence-corrected chi connectivity index (χ1v) is 21.1. The fourth-order valence-electron chi connectivity index (χ4n) is 10.3. The lowest BCUT2D eigenvalue weighted by atomic mass is 9.67. The summed E-state index contributed by atoms with van der Waals surface area (Å²) in [7, 11) is 0. The third-order valence-corrected chi connectivity index (χ3v) is 12.9. The number of hydrogen-bond acceptors (Lipinski definition) is 1. The SMILES string of the molecule is c1ccc(C2(c3cccc(N(c4ccc(-c5cccc6ccccc56)cc4)c4ccc(-n5c6ccccc6c6ccccc65)cc4)c3)c3ccccc3-c3ccccc32)cc1. The summed E-state index contributed by atoms with van der Waals surface area (Å²) in [6.07, 6.45) is 0. The molecule has 2 nitrogen and oxygen atoms in total. The molecule has 0 saturated carbocycles. The van der Waals surface area contributed by atoms with Crippen LogP contribution in [0.15, 0.2) is 243 Å². The summed E-state index contributed by atoms with van der Waals surface area (Å²) in [4.78, 5) is 2.41.